The minimum Gasteiger partial charge on any atom is -0.383 e. The molecule has 4 nitrogen and oxygen atoms in total. The predicted octanol–water partition coefficient (Wildman–Crippen LogP) is 2.93. The molecule has 2 heterocycles. The molecule has 1 aromatic carbocycles. The summed E-state index contributed by atoms with van der Waals surface area (Å²) in [5.41, 5.74) is 8.33. The Morgan fingerprint density at radius 1 is 1.10 bits per heavy atom. The van der Waals surface area contributed by atoms with E-state index in [9.17, 15) is 8.78 Å². The van der Waals surface area contributed by atoms with Crippen molar-refractivity contribution in [1.29, 1.82) is 0 Å². The fourth-order valence-corrected chi connectivity index (χ4v) is 2.22. The van der Waals surface area contributed by atoms with Crippen LogP contribution >= 0.6 is 0 Å². The highest BCUT2D eigenvalue weighted by atomic mass is 19.1. The lowest BCUT2D eigenvalue weighted by Gasteiger charge is -2.12. The number of rotatable bonds is 2. The highest BCUT2D eigenvalue weighted by molar-refractivity contribution is 5.75. The van der Waals surface area contributed by atoms with Crippen molar-refractivity contribution in [2.45, 2.75) is 0 Å². The van der Waals surface area contributed by atoms with E-state index in [1.807, 2.05) is 37.3 Å². The first kappa shape index (κ1) is 13.4. The molecule has 0 aliphatic heterocycles. The van der Waals surface area contributed by atoms with Crippen LogP contribution in [0.2, 0.25) is 0 Å². The third kappa shape index (κ3) is 2.29. The predicted molar refractivity (Wildman–Crippen MR) is 79.3 cm³/mol. The summed E-state index contributed by atoms with van der Waals surface area (Å²) in [5, 5.41) is 0. The molecule has 0 saturated carbocycles. The summed E-state index contributed by atoms with van der Waals surface area (Å²) in [6.07, 6.45) is 1.83. The van der Waals surface area contributed by atoms with Crippen LogP contribution in [-0.4, -0.2) is 23.5 Å². The normalized spacial score (nSPS) is 11.0. The first-order chi connectivity index (χ1) is 9.95. The minimum absolute atomic E-state index is 0.320. The van der Waals surface area contributed by atoms with E-state index in [0.29, 0.717) is 22.7 Å². The minimum atomic E-state index is -0.657. The molecule has 6 heteroatoms. The number of imidazole rings is 1. The Morgan fingerprint density at radius 3 is 2.38 bits per heavy atom. The molecule has 0 unspecified atom stereocenters. The molecule has 0 spiro atoms. The molecule has 0 amide bonds. The second-order valence-electron chi connectivity index (χ2n) is 5.01. The number of benzene rings is 1. The molecule has 0 atom stereocenters. The van der Waals surface area contributed by atoms with Gasteiger partial charge in [0.25, 0.3) is 0 Å². The maximum Gasteiger partial charge on any atom is 0.139 e. The van der Waals surface area contributed by atoms with Gasteiger partial charge in [-0.3, -0.25) is 4.40 Å². The maximum atomic E-state index is 13.3. The Balaban J connectivity index is 2.22. The Labute approximate surface area is 120 Å². The zero-order valence-corrected chi connectivity index (χ0v) is 11.6. The van der Waals surface area contributed by atoms with Crippen molar-refractivity contribution in [2.75, 3.05) is 24.7 Å². The fraction of sp³-hybridized carbons (Fsp3) is 0.133. The Morgan fingerprint density at radius 2 is 1.76 bits per heavy atom. The van der Waals surface area contributed by atoms with E-state index in [1.165, 1.54) is 12.1 Å². The van der Waals surface area contributed by atoms with Crippen molar-refractivity contribution in [3.05, 3.63) is 48.2 Å². The molecule has 0 fully saturated rings. The Bertz CT molecular complexity index is 804. The van der Waals surface area contributed by atoms with Gasteiger partial charge in [-0.25, -0.2) is 13.8 Å². The van der Waals surface area contributed by atoms with Gasteiger partial charge in [0.15, 0.2) is 0 Å². The average molecular weight is 288 g/mol. The second kappa shape index (κ2) is 4.73. The van der Waals surface area contributed by atoms with Gasteiger partial charge in [-0.1, -0.05) is 0 Å². The first-order valence-corrected chi connectivity index (χ1v) is 6.37. The van der Waals surface area contributed by atoms with Crippen LogP contribution in [-0.2, 0) is 0 Å². The summed E-state index contributed by atoms with van der Waals surface area (Å²) in [6, 6.07) is 6.96. The van der Waals surface area contributed by atoms with E-state index in [2.05, 4.69) is 4.98 Å². The van der Waals surface area contributed by atoms with Crippen LogP contribution in [0, 0.1) is 11.6 Å². The van der Waals surface area contributed by atoms with Gasteiger partial charge in [-0.2, -0.15) is 0 Å². The van der Waals surface area contributed by atoms with Crippen LogP contribution in [0.5, 0.6) is 0 Å². The lowest BCUT2D eigenvalue weighted by molar-refractivity contribution is 0.584. The molecule has 0 radical (unpaired) electrons. The largest absolute Gasteiger partial charge is 0.383 e. The van der Waals surface area contributed by atoms with E-state index in [-0.39, 0.29) is 0 Å². The van der Waals surface area contributed by atoms with Gasteiger partial charge in [0.2, 0.25) is 0 Å². The van der Waals surface area contributed by atoms with Crippen molar-refractivity contribution in [3.8, 4) is 11.3 Å². The van der Waals surface area contributed by atoms with Crippen LogP contribution in [0.4, 0.5) is 20.3 Å². The Hall–Kier alpha value is -2.63. The number of anilines is 2. The van der Waals surface area contributed by atoms with Crippen LogP contribution in [0.15, 0.2) is 36.5 Å². The summed E-state index contributed by atoms with van der Waals surface area (Å²) >= 11 is 0. The second-order valence-corrected chi connectivity index (χ2v) is 5.01. The van der Waals surface area contributed by atoms with Crippen molar-refractivity contribution in [3.63, 3.8) is 0 Å². The number of aromatic nitrogens is 2. The summed E-state index contributed by atoms with van der Waals surface area (Å²) in [7, 11) is 3.83. The van der Waals surface area contributed by atoms with E-state index >= 15 is 0 Å². The summed E-state index contributed by atoms with van der Waals surface area (Å²) < 4.78 is 28.4. The van der Waals surface area contributed by atoms with E-state index < -0.39 is 11.6 Å². The fourth-order valence-electron chi connectivity index (χ4n) is 2.22. The highest BCUT2D eigenvalue weighted by Gasteiger charge is 2.14. The first-order valence-electron chi connectivity index (χ1n) is 6.37. The number of fused-ring (bicyclic) bond motifs is 1. The van der Waals surface area contributed by atoms with E-state index in [1.54, 1.807) is 4.40 Å². The smallest absolute Gasteiger partial charge is 0.139 e. The molecular weight excluding hydrogens is 274 g/mol. The molecule has 2 N–H and O–H groups in total. The van der Waals surface area contributed by atoms with Crippen LogP contribution in [0.3, 0.4) is 0 Å². The molecule has 0 aliphatic carbocycles. The SMILES string of the molecule is CN(C)c1ccc2nc(-c3cc(F)cc(F)c3)c(N)n2c1. The van der Waals surface area contributed by atoms with Gasteiger partial charge in [0, 0.05) is 31.9 Å². The van der Waals surface area contributed by atoms with Gasteiger partial charge in [0.05, 0.1) is 5.69 Å². The van der Waals surface area contributed by atoms with Crippen molar-refractivity contribution in [2.24, 2.45) is 0 Å². The van der Waals surface area contributed by atoms with Gasteiger partial charge in [-0.15, -0.1) is 0 Å². The van der Waals surface area contributed by atoms with Crippen molar-refractivity contribution in [1.82, 2.24) is 9.38 Å². The highest BCUT2D eigenvalue weighted by Crippen LogP contribution is 2.28. The molecule has 0 bridgehead atoms. The maximum absolute atomic E-state index is 13.3. The van der Waals surface area contributed by atoms with Crippen LogP contribution in [0.25, 0.3) is 16.9 Å². The molecule has 108 valence electrons. The monoisotopic (exact) mass is 288 g/mol. The molecule has 2 aromatic heterocycles. The van der Waals surface area contributed by atoms with Gasteiger partial charge >= 0.3 is 0 Å². The Kier molecular flexibility index (Phi) is 3.01. The average Bonchev–Trinajstić information content (AvgIpc) is 2.74. The number of halogens is 2. The van der Waals surface area contributed by atoms with E-state index in [0.717, 1.165) is 11.8 Å². The number of nitrogens with zero attached hydrogens (tertiary/aromatic N) is 3. The molecule has 3 rings (SSSR count). The number of nitrogen functional groups attached to an aromatic ring is 1. The van der Waals surface area contributed by atoms with Crippen LogP contribution < -0.4 is 10.6 Å². The molecule has 21 heavy (non-hydrogen) atoms. The van der Waals surface area contributed by atoms with Crippen molar-refractivity contribution < 1.29 is 8.78 Å². The van der Waals surface area contributed by atoms with Gasteiger partial charge in [-0.05, 0) is 24.3 Å². The third-order valence-electron chi connectivity index (χ3n) is 3.29. The number of hydrogen-bond acceptors (Lipinski definition) is 3. The molecule has 3 aromatic rings. The lowest BCUT2D eigenvalue weighted by Crippen LogP contribution is -2.09. The number of hydrogen-bond donors (Lipinski definition) is 1. The zero-order chi connectivity index (χ0) is 15.1. The summed E-state index contributed by atoms with van der Waals surface area (Å²) in [4.78, 5) is 6.28. The quantitative estimate of drug-likeness (QED) is 0.788. The van der Waals surface area contributed by atoms with E-state index in [4.69, 9.17) is 5.73 Å². The lowest BCUT2D eigenvalue weighted by atomic mass is 10.1. The van der Waals surface area contributed by atoms with Gasteiger partial charge in [0.1, 0.15) is 28.8 Å². The molecular formula is C15H14F2N4. The summed E-state index contributed by atoms with van der Waals surface area (Å²) in [6.45, 7) is 0. The molecule has 0 saturated heterocycles. The standard InChI is InChI=1S/C15H14F2N4/c1-20(2)12-3-4-13-19-14(15(18)21(13)8-12)9-5-10(16)7-11(17)6-9/h3-8H,18H2,1-2H3. The molecule has 0 aliphatic rings. The van der Waals surface area contributed by atoms with Crippen molar-refractivity contribution >= 4 is 17.2 Å². The van der Waals surface area contributed by atoms with Crippen LogP contribution in [0.1, 0.15) is 0 Å². The van der Waals surface area contributed by atoms with Gasteiger partial charge < -0.3 is 10.6 Å². The topological polar surface area (TPSA) is 46.6 Å². The number of pyridine rings is 1. The summed E-state index contributed by atoms with van der Waals surface area (Å²) in [5.74, 6) is -0.968. The third-order valence-corrected chi connectivity index (χ3v) is 3.29. The number of nitrogens with two attached hydrogens (primary N) is 1. The zero-order valence-electron chi connectivity index (χ0n) is 11.6.